The third-order valence-corrected chi connectivity index (χ3v) is 2.01. The average molecular weight is 215 g/mol. The van der Waals surface area contributed by atoms with E-state index in [1.165, 1.54) is 0 Å². The molecule has 1 aliphatic heterocycles. The van der Waals surface area contributed by atoms with Crippen molar-refractivity contribution in [1.29, 1.82) is 0 Å². The van der Waals surface area contributed by atoms with Crippen LogP contribution in [0.5, 0.6) is 0 Å². The van der Waals surface area contributed by atoms with E-state index in [2.05, 4.69) is 10.0 Å². The first-order chi connectivity index (χ1) is 7.00. The molecular weight excluding hydrogens is 202 g/mol. The Bertz CT molecular complexity index is 288. The molecule has 0 spiro atoms. The normalized spacial score (nSPS) is 30.6. The molecule has 0 bridgehead atoms. The lowest BCUT2D eigenvalue weighted by atomic mass is 10.1. The lowest BCUT2D eigenvalue weighted by Crippen LogP contribution is -2.38. The number of carbonyl (C=O) groups is 1. The molecule has 0 unspecified atom stereocenters. The molecule has 1 saturated heterocycles. The summed E-state index contributed by atoms with van der Waals surface area (Å²) < 4.78 is 10.6. The van der Waals surface area contributed by atoms with Crippen molar-refractivity contribution in [2.24, 2.45) is 5.11 Å². The van der Waals surface area contributed by atoms with Crippen molar-refractivity contribution >= 4 is 6.29 Å². The van der Waals surface area contributed by atoms with Crippen molar-refractivity contribution in [3.63, 3.8) is 0 Å². The summed E-state index contributed by atoms with van der Waals surface area (Å²) in [6.07, 6.45) is -2.09. The van der Waals surface area contributed by atoms with Crippen molar-refractivity contribution in [2.45, 2.75) is 37.9 Å². The third kappa shape index (κ3) is 2.90. The fraction of sp³-hybridized carbons (Fsp3) is 0.875. The number of nitrogens with zero attached hydrogens (tertiary/aromatic N) is 3. The van der Waals surface area contributed by atoms with Gasteiger partial charge in [-0.25, -0.2) is 0 Å². The lowest BCUT2D eigenvalue weighted by Gasteiger charge is -2.19. The maximum absolute atomic E-state index is 10.7. The SMILES string of the molecule is CC1(C)O[C@@H]([C@H](O)CN=[N+]=[N-])[C@H](C=O)O1. The molecule has 0 aliphatic carbocycles. The Kier molecular flexibility index (Phi) is 3.65. The Balaban J connectivity index is 2.67. The molecule has 0 saturated carbocycles. The number of ether oxygens (including phenoxy) is 2. The van der Waals surface area contributed by atoms with E-state index in [1.54, 1.807) is 13.8 Å². The van der Waals surface area contributed by atoms with Gasteiger partial charge in [0.1, 0.15) is 12.2 Å². The van der Waals surface area contributed by atoms with Crippen LogP contribution in [-0.4, -0.2) is 42.0 Å². The fourth-order valence-electron chi connectivity index (χ4n) is 1.44. The molecule has 0 aromatic heterocycles. The summed E-state index contributed by atoms with van der Waals surface area (Å²) in [6, 6.07) is 0. The van der Waals surface area contributed by atoms with E-state index in [-0.39, 0.29) is 6.54 Å². The third-order valence-electron chi connectivity index (χ3n) is 2.01. The summed E-state index contributed by atoms with van der Waals surface area (Å²) in [5.74, 6) is -0.909. The molecule has 1 N–H and O–H groups in total. The van der Waals surface area contributed by atoms with Gasteiger partial charge in [-0.3, -0.25) is 0 Å². The average Bonchev–Trinajstić information content (AvgIpc) is 2.50. The number of azide groups is 1. The van der Waals surface area contributed by atoms with Gasteiger partial charge in [0.05, 0.1) is 12.6 Å². The lowest BCUT2D eigenvalue weighted by molar-refractivity contribution is -0.156. The maximum atomic E-state index is 10.7. The zero-order valence-corrected chi connectivity index (χ0v) is 8.53. The van der Waals surface area contributed by atoms with E-state index in [0.29, 0.717) is 6.29 Å². The van der Waals surface area contributed by atoms with E-state index in [4.69, 9.17) is 15.0 Å². The van der Waals surface area contributed by atoms with Crippen LogP contribution >= 0.6 is 0 Å². The highest BCUT2D eigenvalue weighted by molar-refractivity contribution is 5.58. The molecule has 15 heavy (non-hydrogen) atoms. The highest BCUT2D eigenvalue weighted by atomic mass is 16.8. The number of carbonyl (C=O) groups excluding carboxylic acids is 1. The Morgan fingerprint density at radius 1 is 1.67 bits per heavy atom. The molecule has 1 rings (SSSR count). The summed E-state index contributed by atoms with van der Waals surface area (Å²) in [5, 5.41) is 12.8. The summed E-state index contributed by atoms with van der Waals surface area (Å²) >= 11 is 0. The molecule has 3 atom stereocenters. The van der Waals surface area contributed by atoms with Gasteiger partial charge < -0.3 is 19.4 Å². The van der Waals surface area contributed by atoms with E-state index >= 15 is 0 Å². The van der Waals surface area contributed by atoms with Crippen LogP contribution in [0.25, 0.3) is 10.4 Å². The summed E-state index contributed by atoms with van der Waals surface area (Å²) in [5.41, 5.74) is 8.09. The summed E-state index contributed by atoms with van der Waals surface area (Å²) in [7, 11) is 0. The van der Waals surface area contributed by atoms with Crippen molar-refractivity contribution < 1.29 is 19.4 Å². The molecule has 84 valence electrons. The highest BCUT2D eigenvalue weighted by Crippen LogP contribution is 2.29. The number of hydrogen-bond donors (Lipinski definition) is 1. The first kappa shape index (κ1) is 11.9. The zero-order chi connectivity index (χ0) is 11.5. The van der Waals surface area contributed by atoms with Crippen LogP contribution in [-0.2, 0) is 14.3 Å². The minimum Gasteiger partial charge on any atom is -0.390 e. The summed E-state index contributed by atoms with van der Waals surface area (Å²) in [6.45, 7) is 3.14. The molecule has 0 aromatic carbocycles. The van der Waals surface area contributed by atoms with Crippen molar-refractivity contribution in [3.8, 4) is 0 Å². The van der Waals surface area contributed by atoms with Crippen molar-refractivity contribution in [2.75, 3.05) is 6.54 Å². The second-order valence-corrected chi connectivity index (χ2v) is 3.68. The van der Waals surface area contributed by atoms with Crippen LogP contribution in [0.4, 0.5) is 0 Å². The van der Waals surface area contributed by atoms with Crippen LogP contribution in [0.15, 0.2) is 5.11 Å². The van der Waals surface area contributed by atoms with E-state index in [1.807, 2.05) is 0 Å². The van der Waals surface area contributed by atoms with Crippen molar-refractivity contribution in [3.05, 3.63) is 10.4 Å². The number of rotatable bonds is 4. The van der Waals surface area contributed by atoms with E-state index < -0.39 is 24.1 Å². The van der Waals surface area contributed by atoms with Crippen LogP contribution in [0.3, 0.4) is 0 Å². The van der Waals surface area contributed by atoms with Crippen LogP contribution < -0.4 is 0 Å². The van der Waals surface area contributed by atoms with Gasteiger partial charge in [-0.2, -0.15) is 0 Å². The van der Waals surface area contributed by atoms with Gasteiger partial charge in [-0.15, -0.1) is 0 Å². The molecule has 1 fully saturated rings. The van der Waals surface area contributed by atoms with Gasteiger partial charge in [-0.05, 0) is 19.4 Å². The predicted octanol–water partition coefficient (Wildman–Crippen LogP) is 0.377. The number of aliphatic hydroxyl groups excluding tert-OH is 1. The second kappa shape index (κ2) is 4.59. The van der Waals surface area contributed by atoms with Gasteiger partial charge in [0, 0.05) is 4.91 Å². The number of hydrogen-bond acceptors (Lipinski definition) is 5. The predicted molar refractivity (Wildman–Crippen MR) is 49.9 cm³/mol. The van der Waals surface area contributed by atoms with Gasteiger partial charge in [0.2, 0.25) is 0 Å². The fourth-order valence-corrected chi connectivity index (χ4v) is 1.44. The topological polar surface area (TPSA) is 105 Å². The Hall–Kier alpha value is -1.14. The van der Waals surface area contributed by atoms with Gasteiger partial charge in [0.15, 0.2) is 12.1 Å². The Morgan fingerprint density at radius 2 is 2.33 bits per heavy atom. The molecular formula is C8H13N3O4. The minimum atomic E-state index is -1.04. The molecule has 7 nitrogen and oxygen atoms in total. The largest absolute Gasteiger partial charge is 0.390 e. The molecule has 7 heteroatoms. The smallest absolute Gasteiger partial charge is 0.164 e. The number of aliphatic hydroxyl groups is 1. The quantitative estimate of drug-likeness (QED) is 0.316. The molecule has 1 aliphatic rings. The van der Waals surface area contributed by atoms with Crippen LogP contribution in [0, 0.1) is 0 Å². The minimum absolute atomic E-state index is 0.148. The monoisotopic (exact) mass is 215 g/mol. The Morgan fingerprint density at radius 3 is 2.87 bits per heavy atom. The first-order valence-corrected chi connectivity index (χ1v) is 4.50. The molecule has 0 aromatic rings. The second-order valence-electron chi connectivity index (χ2n) is 3.68. The molecule has 0 radical (unpaired) electrons. The molecule has 0 amide bonds. The Labute approximate surface area is 86.6 Å². The van der Waals surface area contributed by atoms with Gasteiger partial charge in [-0.1, -0.05) is 5.11 Å². The first-order valence-electron chi connectivity index (χ1n) is 4.50. The van der Waals surface area contributed by atoms with E-state index in [0.717, 1.165) is 0 Å². The summed E-state index contributed by atoms with van der Waals surface area (Å²) in [4.78, 5) is 13.2. The van der Waals surface area contributed by atoms with E-state index in [9.17, 15) is 9.90 Å². The molecule has 1 heterocycles. The standard InChI is InChI=1S/C8H13N3O4/c1-8(2)14-6(4-12)7(15-8)5(13)3-10-11-9/h4-7,13H,3H2,1-2H3/t5-,6+,7+/m1/s1. The van der Waals surface area contributed by atoms with Crippen LogP contribution in [0.2, 0.25) is 0 Å². The maximum Gasteiger partial charge on any atom is 0.164 e. The van der Waals surface area contributed by atoms with Gasteiger partial charge in [0.25, 0.3) is 0 Å². The zero-order valence-electron chi connectivity index (χ0n) is 8.53. The van der Waals surface area contributed by atoms with Crippen molar-refractivity contribution in [1.82, 2.24) is 0 Å². The van der Waals surface area contributed by atoms with Crippen LogP contribution in [0.1, 0.15) is 13.8 Å². The van der Waals surface area contributed by atoms with Gasteiger partial charge >= 0.3 is 0 Å². The highest BCUT2D eigenvalue weighted by Gasteiger charge is 2.44. The number of aldehydes is 1.